The van der Waals surface area contributed by atoms with E-state index in [1.807, 2.05) is 11.6 Å². The van der Waals surface area contributed by atoms with Gasteiger partial charge >= 0.3 is 0 Å². The molecule has 0 aliphatic carbocycles. The fraction of sp³-hybridized carbons (Fsp3) is 0.667. The minimum absolute atomic E-state index is 0.420. The van der Waals surface area contributed by atoms with E-state index in [1.165, 1.54) is 5.69 Å². The van der Waals surface area contributed by atoms with Crippen molar-refractivity contribution in [3.63, 3.8) is 0 Å². The predicted molar refractivity (Wildman–Crippen MR) is 50.1 cm³/mol. The standard InChI is InChI=1S/C9H17N3/c1-7-6-9(3)12(11-7)8(2)4-5-10/h6,8H,4-5,10H2,1-3H3/t8-/m1/s1. The Morgan fingerprint density at radius 1 is 1.58 bits per heavy atom. The highest BCUT2D eigenvalue weighted by Crippen LogP contribution is 2.12. The number of hydrogen-bond donors (Lipinski definition) is 1. The van der Waals surface area contributed by atoms with Gasteiger partial charge in [-0.2, -0.15) is 5.10 Å². The van der Waals surface area contributed by atoms with Crippen LogP contribution in [0.1, 0.15) is 30.8 Å². The van der Waals surface area contributed by atoms with Gasteiger partial charge in [0.25, 0.3) is 0 Å². The molecule has 3 nitrogen and oxygen atoms in total. The van der Waals surface area contributed by atoms with Gasteiger partial charge in [-0.25, -0.2) is 0 Å². The first-order valence-corrected chi connectivity index (χ1v) is 4.38. The molecule has 1 heterocycles. The minimum atomic E-state index is 0.420. The Hall–Kier alpha value is -0.830. The zero-order chi connectivity index (χ0) is 9.14. The summed E-state index contributed by atoms with van der Waals surface area (Å²) in [5, 5.41) is 4.39. The molecule has 1 atom stereocenters. The highest BCUT2D eigenvalue weighted by molar-refractivity contribution is 5.07. The molecule has 1 aromatic rings. The van der Waals surface area contributed by atoms with Crippen molar-refractivity contribution >= 4 is 0 Å². The van der Waals surface area contributed by atoms with Gasteiger partial charge in [0, 0.05) is 5.69 Å². The van der Waals surface area contributed by atoms with Gasteiger partial charge in [0.15, 0.2) is 0 Å². The highest BCUT2D eigenvalue weighted by Gasteiger charge is 2.07. The summed E-state index contributed by atoms with van der Waals surface area (Å²) in [6.45, 7) is 6.96. The van der Waals surface area contributed by atoms with E-state index in [0.29, 0.717) is 6.04 Å². The topological polar surface area (TPSA) is 43.8 Å². The third-order valence-corrected chi connectivity index (χ3v) is 2.05. The quantitative estimate of drug-likeness (QED) is 0.739. The van der Waals surface area contributed by atoms with Gasteiger partial charge in [-0.3, -0.25) is 4.68 Å². The maximum absolute atomic E-state index is 5.48. The second-order valence-corrected chi connectivity index (χ2v) is 3.30. The highest BCUT2D eigenvalue weighted by atomic mass is 15.3. The van der Waals surface area contributed by atoms with Crippen LogP contribution in [-0.4, -0.2) is 16.3 Å². The molecule has 1 rings (SSSR count). The van der Waals surface area contributed by atoms with Crippen molar-refractivity contribution < 1.29 is 0 Å². The van der Waals surface area contributed by atoms with Gasteiger partial charge in [0.1, 0.15) is 0 Å². The lowest BCUT2D eigenvalue weighted by Gasteiger charge is -2.12. The zero-order valence-electron chi connectivity index (χ0n) is 8.04. The molecule has 0 aliphatic rings. The first-order valence-electron chi connectivity index (χ1n) is 4.38. The van der Waals surface area contributed by atoms with Crippen LogP contribution in [0.2, 0.25) is 0 Å². The molecule has 68 valence electrons. The third kappa shape index (κ3) is 1.85. The van der Waals surface area contributed by atoms with Crippen LogP contribution in [0.4, 0.5) is 0 Å². The van der Waals surface area contributed by atoms with Gasteiger partial charge in [-0.1, -0.05) is 0 Å². The molecule has 1 aromatic heterocycles. The molecule has 12 heavy (non-hydrogen) atoms. The van der Waals surface area contributed by atoms with Crippen molar-refractivity contribution in [3.05, 3.63) is 17.5 Å². The van der Waals surface area contributed by atoms with Crippen molar-refractivity contribution in [3.8, 4) is 0 Å². The first kappa shape index (κ1) is 9.26. The summed E-state index contributed by atoms with van der Waals surface area (Å²) in [7, 11) is 0. The number of aromatic nitrogens is 2. The SMILES string of the molecule is Cc1cc(C)n([C@H](C)CCN)n1. The van der Waals surface area contributed by atoms with Crippen LogP contribution in [0, 0.1) is 13.8 Å². The van der Waals surface area contributed by atoms with E-state index in [2.05, 4.69) is 25.0 Å². The van der Waals surface area contributed by atoms with Crippen molar-refractivity contribution in [1.29, 1.82) is 0 Å². The summed E-state index contributed by atoms with van der Waals surface area (Å²) >= 11 is 0. The van der Waals surface area contributed by atoms with E-state index in [1.54, 1.807) is 0 Å². The minimum Gasteiger partial charge on any atom is -0.330 e. The van der Waals surface area contributed by atoms with Gasteiger partial charge in [0.05, 0.1) is 11.7 Å². The Balaban J connectivity index is 2.79. The van der Waals surface area contributed by atoms with E-state index in [0.717, 1.165) is 18.7 Å². The fourth-order valence-electron chi connectivity index (χ4n) is 1.46. The summed E-state index contributed by atoms with van der Waals surface area (Å²) in [5.74, 6) is 0. The number of nitrogens with two attached hydrogens (primary N) is 1. The predicted octanol–water partition coefficient (Wildman–Crippen LogP) is 1.41. The maximum Gasteiger partial charge on any atom is 0.0596 e. The van der Waals surface area contributed by atoms with Crippen LogP contribution >= 0.6 is 0 Å². The maximum atomic E-state index is 5.48. The molecular formula is C9H17N3. The molecule has 0 spiro atoms. The van der Waals surface area contributed by atoms with Crippen LogP contribution in [0.15, 0.2) is 6.07 Å². The molecule has 0 unspecified atom stereocenters. The van der Waals surface area contributed by atoms with Crippen molar-refractivity contribution in [2.45, 2.75) is 33.2 Å². The molecule has 0 fully saturated rings. The lowest BCUT2D eigenvalue weighted by molar-refractivity contribution is 0.454. The molecule has 0 saturated heterocycles. The smallest absolute Gasteiger partial charge is 0.0596 e. The summed E-state index contributed by atoms with van der Waals surface area (Å²) in [5.41, 5.74) is 7.78. The molecule has 0 saturated carbocycles. The lowest BCUT2D eigenvalue weighted by atomic mass is 10.2. The molecule has 2 N–H and O–H groups in total. The molecule has 0 amide bonds. The molecule has 0 aromatic carbocycles. The van der Waals surface area contributed by atoms with Crippen LogP contribution in [0.3, 0.4) is 0 Å². The largest absolute Gasteiger partial charge is 0.330 e. The molecular weight excluding hydrogens is 150 g/mol. The fourth-order valence-corrected chi connectivity index (χ4v) is 1.46. The number of nitrogens with zero attached hydrogens (tertiary/aromatic N) is 2. The second-order valence-electron chi connectivity index (χ2n) is 3.30. The van der Waals surface area contributed by atoms with Gasteiger partial charge in [-0.15, -0.1) is 0 Å². The van der Waals surface area contributed by atoms with E-state index in [9.17, 15) is 0 Å². The van der Waals surface area contributed by atoms with Crippen LogP contribution < -0.4 is 5.73 Å². The summed E-state index contributed by atoms with van der Waals surface area (Å²) in [6, 6.07) is 2.51. The summed E-state index contributed by atoms with van der Waals surface area (Å²) in [6.07, 6.45) is 0.988. The average Bonchev–Trinajstić information content (AvgIpc) is 2.30. The van der Waals surface area contributed by atoms with Crippen LogP contribution in [0.5, 0.6) is 0 Å². The Labute approximate surface area is 73.6 Å². The Kier molecular flexibility index (Phi) is 2.87. The van der Waals surface area contributed by atoms with Crippen LogP contribution in [0.25, 0.3) is 0 Å². The van der Waals surface area contributed by atoms with E-state index in [-0.39, 0.29) is 0 Å². The number of hydrogen-bond acceptors (Lipinski definition) is 2. The summed E-state index contributed by atoms with van der Waals surface area (Å²) in [4.78, 5) is 0. The average molecular weight is 167 g/mol. The van der Waals surface area contributed by atoms with Crippen LogP contribution in [-0.2, 0) is 0 Å². The molecule has 3 heteroatoms. The first-order chi connectivity index (χ1) is 5.65. The zero-order valence-corrected chi connectivity index (χ0v) is 8.04. The molecule has 0 aliphatic heterocycles. The Bertz CT molecular complexity index is 252. The normalized spacial score (nSPS) is 13.3. The van der Waals surface area contributed by atoms with E-state index < -0.39 is 0 Å². The molecule has 0 bridgehead atoms. The van der Waals surface area contributed by atoms with Gasteiger partial charge in [0.2, 0.25) is 0 Å². The van der Waals surface area contributed by atoms with E-state index >= 15 is 0 Å². The van der Waals surface area contributed by atoms with Gasteiger partial charge in [-0.05, 0) is 39.8 Å². The van der Waals surface area contributed by atoms with Gasteiger partial charge < -0.3 is 5.73 Å². The van der Waals surface area contributed by atoms with E-state index in [4.69, 9.17) is 5.73 Å². The summed E-state index contributed by atoms with van der Waals surface area (Å²) < 4.78 is 2.04. The molecule has 0 radical (unpaired) electrons. The Morgan fingerprint density at radius 3 is 2.67 bits per heavy atom. The monoisotopic (exact) mass is 167 g/mol. The number of rotatable bonds is 3. The van der Waals surface area contributed by atoms with Crippen molar-refractivity contribution in [2.75, 3.05) is 6.54 Å². The third-order valence-electron chi connectivity index (χ3n) is 2.05. The Morgan fingerprint density at radius 2 is 2.25 bits per heavy atom. The lowest BCUT2D eigenvalue weighted by Crippen LogP contribution is -2.13. The van der Waals surface area contributed by atoms with Crippen molar-refractivity contribution in [1.82, 2.24) is 9.78 Å². The number of aryl methyl sites for hydroxylation is 2. The van der Waals surface area contributed by atoms with Crippen molar-refractivity contribution in [2.24, 2.45) is 5.73 Å². The second kappa shape index (κ2) is 3.72.